The van der Waals surface area contributed by atoms with Crippen molar-refractivity contribution in [3.05, 3.63) is 52.9 Å². The number of thioether (sulfide) groups is 1. The van der Waals surface area contributed by atoms with E-state index in [0.717, 1.165) is 5.56 Å². The van der Waals surface area contributed by atoms with E-state index in [2.05, 4.69) is 0 Å². The van der Waals surface area contributed by atoms with Crippen molar-refractivity contribution in [2.75, 3.05) is 25.7 Å². The van der Waals surface area contributed by atoms with Gasteiger partial charge in [-0.2, -0.15) is 0 Å². The van der Waals surface area contributed by atoms with Crippen molar-refractivity contribution in [1.82, 2.24) is 0 Å². The SMILES string of the molecule is COc1ccc(N2C(=O)/C(=C\c3ccc(OCCC(=O)O)c(OC)c3)SC2=S)cc1. The van der Waals surface area contributed by atoms with Crippen molar-refractivity contribution in [1.29, 1.82) is 0 Å². The van der Waals surface area contributed by atoms with Crippen molar-refractivity contribution in [3.8, 4) is 17.2 Å². The quantitative estimate of drug-likeness (QED) is 0.483. The van der Waals surface area contributed by atoms with E-state index in [1.165, 1.54) is 23.8 Å². The van der Waals surface area contributed by atoms with Gasteiger partial charge >= 0.3 is 5.97 Å². The number of anilines is 1. The molecule has 0 radical (unpaired) electrons. The monoisotopic (exact) mass is 445 g/mol. The molecule has 2 aromatic rings. The van der Waals surface area contributed by atoms with Gasteiger partial charge in [-0.05, 0) is 48.0 Å². The number of carboxylic acids is 1. The fourth-order valence-corrected chi connectivity index (χ4v) is 4.01. The minimum Gasteiger partial charge on any atom is -0.497 e. The summed E-state index contributed by atoms with van der Waals surface area (Å²) in [4.78, 5) is 25.5. The summed E-state index contributed by atoms with van der Waals surface area (Å²) in [5.74, 6) is 0.416. The van der Waals surface area contributed by atoms with Crippen molar-refractivity contribution in [2.45, 2.75) is 6.42 Å². The van der Waals surface area contributed by atoms with Crippen LogP contribution in [-0.2, 0) is 9.59 Å². The number of rotatable bonds is 8. The van der Waals surface area contributed by atoms with Gasteiger partial charge in [0.15, 0.2) is 15.8 Å². The average molecular weight is 446 g/mol. The summed E-state index contributed by atoms with van der Waals surface area (Å²) in [7, 11) is 3.07. The highest BCUT2D eigenvalue weighted by Gasteiger charge is 2.33. The normalized spacial score (nSPS) is 14.9. The molecule has 1 aliphatic rings. The van der Waals surface area contributed by atoms with Gasteiger partial charge in [-0.15, -0.1) is 0 Å². The Bertz CT molecular complexity index is 1000. The van der Waals surface area contributed by atoms with Crippen molar-refractivity contribution < 1.29 is 28.9 Å². The second-order valence-electron chi connectivity index (χ2n) is 6.12. The zero-order chi connectivity index (χ0) is 21.7. The number of amides is 1. The number of methoxy groups -OCH3 is 2. The Morgan fingerprint density at radius 3 is 2.50 bits per heavy atom. The van der Waals surface area contributed by atoms with Gasteiger partial charge in [0, 0.05) is 0 Å². The third-order valence-corrected chi connectivity index (χ3v) is 5.49. The number of carboxylic acid groups (broad SMARTS) is 1. The van der Waals surface area contributed by atoms with E-state index in [4.69, 9.17) is 31.5 Å². The Kier molecular flexibility index (Phi) is 6.96. The van der Waals surface area contributed by atoms with Crippen LogP contribution in [0.5, 0.6) is 17.2 Å². The molecule has 1 N–H and O–H groups in total. The molecule has 0 saturated carbocycles. The lowest BCUT2D eigenvalue weighted by Crippen LogP contribution is -2.27. The Morgan fingerprint density at radius 1 is 1.13 bits per heavy atom. The van der Waals surface area contributed by atoms with Crippen LogP contribution in [0.25, 0.3) is 6.08 Å². The lowest BCUT2D eigenvalue weighted by molar-refractivity contribution is -0.137. The molecule has 1 heterocycles. The van der Waals surface area contributed by atoms with Crippen molar-refractivity contribution in [3.63, 3.8) is 0 Å². The van der Waals surface area contributed by atoms with Gasteiger partial charge < -0.3 is 19.3 Å². The predicted octanol–water partition coefficient (Wildman–Crippen LogP) is 3.96. The van der Waals surface area contributed by atoms with Gasteiger partial charge in [0.1, 0.15) is 5.75 Å². The van der Waals surface area contributed by atoms with E-state index in [-0.39, 0.29) is 18.9 Å². The highest BCUT2D eigenvalue weighted by atomic mass is 32.2. The van der Waals surface area contributed by atoms with Crippen LogP contribution in [0.4, 0.5) is 5.69 Å². The minimum absolute atomic E-state index is 0.0333. The number of thiocarbonyl (C=S) groups is 1. The minimum atomic E-state index is -0.940. The fraction of sp³-hybridized carbons (Fsp3) is 0.190. The summed E-state index contributed by atoms with van der Waals surface area (Å²) in [6.07, 6.45) is 1.62. The Morgan fingerprint density at radius 2 is 1.87 bits per heavy atom. The van der Waals surface area contributed by atoms with Crippen LogP contribution >= 0.6 is 24.0 Å². The summed E-state index contributed by atoms with van der Waals surface area (Å²) < 4.78 is 16.4. The van der Waals surface area contributed by atoms with Crippen LogP contribution in [0, 0.1) is 0 Å². The first-order valence-corrected chi connectivity index (χ1v) is 10.1. The molecular weight excluding hydrogens is 426 g/mol. The van der Waals surface area contributed by atoms with Gasteiger partial charge in [-0.25, -0.2) is 0 Å². The number of carbonyl (C=O) groups is 2. The van der Waals surface area contributed by atoms with Crippen LogP contribution in [-0.4, -0.2) is 42.1 Å². The van der Waals surface area contributed by atoms with Crippen molar-refractivity contribution >= 4 is 51.9 Å². The molecule has 1 amide bonds. The van der Waals surface area contributed by atoms with E-state index in [1.807, 2.05) is 0 Å². The molecule has 0 aromatic heterocycles. The Balaban J connectivity index is 1.79. The largest absolute Gasteiger partial charge is 0.497 e. The predicted molar refractivity (Wildman–Crippen MR) is 119 cm³/mol. The number of benzene rings is 2. The molecule has 0 aliphatic carbocycles. The second-order valence-corrected chi connectivity index (χ2v) is 7.79. The molecule has 156 valence electrons. The maximum absolute atomic E-state index is 12.9. The summed E-state index contributed by atoms with van der Waals surface area (Å²) in [5, 5.41) is 8.72. The Labute approximate surface area is 183 Å². The third-order valence-electron chi connectivity index (χ3n) is 4.18. The second kappa shape index (κ2) is 9.64. The first-order valence-electron chi connectivity index (χ1n) is 8.87. The third kappa shape index (κ3) is 4.92. The molecular formula is C21H19NO6S2. The lowest BCUT2D eigenvalue weighted by atomic mass is 10.1. The number of ether oxygens (including phenoxy) is 3. The molecule has 0 spiro atoms. The number of nitrogens with zero attached hydrogens (tertiary/aromatic N) is 1. The van der Waals surface area contributed by atoms with E-state index in [1.54, 1.807) is 55.7 Å². The van der Waals surface area contributed by atoms with Crippen LogP contribution < -0.4 is 19.1 Å². The molecule has 0 unspecified atom stereocenters. The van der Waals surface area contributed by atoms with Gasteiger partial charge in [0.2, 0.25) is 0 Å². The number of carbonyl (C=O) groups excluding carboxylic acids is 1. The van der Waals surface area contributed by atoms with Gasteiger partial charge in [-0.3, -0.25) is 14.5 Å². The topological polar surface area (TPSA) is 85.3 Å². The standard InChI is InChI=1S/C21H19NO6S2/c1-26-15-6-4-14(5-7-15)22-20(25)18(30-21(22)29)12-13-3-8-16(17(11-13)27-2)28-10-9-19(23)24/h3-8,11-12H,9-10H2,1-2H3,(H,23,24)/b18-12+. The number of aliphatic carboxylic acids is 1. The maximum atomic E-state index is 12.9. The van der Waals surface area contributed by atoms with Crippen LogP contribution in [0.2, 0.25) is 0 Å². The van der Waals surface area contributed by atoms with Gasteiger partial charge in [0.05, 0.1) is 37.8 Å². The van der Waals surface area contributed by atoms with Crippen LogP contribution in [0.3, 0.4) is 0 Å². The van der Waals surface area contributed by atoms with E-state index < -0.39 is 5.97 Å². The van der Waals surface area contributed by atoms with Gasteiger partial charge in [-0.1, -0.05) is 30.0 Å². The highest BCUT2D eigenvalue weighted by molar-refractivity contribution is 8.27. The summed E-state index contributed by atoms with van der Waals surface area (Å²) >= 11 is 6.61. The summed E-state index contributed by atoms with van der Waals surface area (Å²) in [5.41, 5.74) is 1.40. The molecule has 1 aliphatic heterocycles. The number of hydrogen-bond donors (Lipinski definition) is 1. The summed E-state index contributed by atoms with van der Waals surface area (Å²) in [6.45, 7) is 0.0333. The van der Waals surface area contributed by atoms with Crippen molar-refractivity contribution in [2.24, 2.45) is 0 Å². The molecule has 3 rings (SSSR count). The van der Waals surface area contributed by atoms with E-state index in [9.17, 15) is 9.59 Å². The zero-order valence-corrected chi connectivity index (χ0v) is 17.9. The highest BCUT2D eigenvalue weighted by Crippen LogP contribution is 2.37. The average Bonchev–Trinajstić information content (AvgIpc) is 3.01. The molecule has 2 aromatic carbocycles. The summed E-state index contributed by atoms with van der Waals surface area (Å²) in [6, 6.07) is 12.3. The van der Waals surface area contributed by atoms with E-state index >= 15 is 0 Å². The van der Waals surface area contributed by atoms with Crippen LogP contribution in [0.15, 0.2) is 47.4 Å². The van der Waals surface area contributed by atoms with Gasteiger partial charge in [0.25, 0.3) is 5.91 Å². The zero-order valence-electron chi connectivity index (χ0n) is 16.3. The fourth-order valence-electron chi connectivity index (χ4n) is 2.71. The molecule has 1 saturated heterocycles. The molecule has 1 fully saturated rings. The lowest BCUT2D eigenvalue weighted by Gasteiger charge is -2.14. The van der Waals surface area contributed by atoms with Crippen LogP contribution in [0.1, 0.15) is 12.0 Å². The first-order chi connectivity index (χ1) is 14.4. The molecule has 7 nitrogen and oxygen atoms in total. The number of hydrogen-bond acceptors (Lipinski definition) is 7. The van der Waals surface area contributed by atoms with E-state index in [0.29, 0.717) is 32.2 Å². The Hall–Kier alpha value is -3.04. The molecule has 30 heavy (non-hydrogen) atoms. The molecule has 0 bridgehead atoms. The smallest absolute Gasteiger partial charge is 0.306 e. The maximum Gasteiger partial charge on any atom is 0.306 e. The molecule has 0 atom stereocenters. The molecule has 9 heteroatoms. The first kappa shape index (κ1) is 21.7.